The molecule has 0 heterocycles. The van der Waals surface area contributed by atoms with Crippen LogP contribution in [0.4, 0.5) is 0 Å². The van der Waals surface area contributed by atoms with E-state index < -0.39 is 15.9 Å². The fourth-order valence-electron chi connectivity index (χ4n) is 0.411. The summed E-state index contributed by atoms with van der Waals surface area (Å²) in [5, 5.41) is 34.9. The number of alkyl halides is 3. The summed E-state index contributed by atoms with van der Waals surface area (Å²) in [7, 11) is 0. The van der Waals surface area contributed by atoms with Gasteiger partial charge in [0.15, 0.2) is 0 Å². The molecule has 0 aromatic carbocycles. The number of rotatable bonds is 4. The maximum absolute atomic E-state index is 9.62. The molecular formula is C9H19Cl3O5YZn. The topological polar surface area (TPSA) is 98.0 Å². The van der Waals surface area contributed by atoms with Crippen LogP contribution in [0.3, 0.4) is 0 Å². The molecule has 0 spiro atoms. The van der Waals surface area contributed by atoms with Crippen LogP contribution in [-0.2, 0) is 54.6 Å². The van der Waals surface area contributed by atoms with E-state index in [1.165, 1.54) is 10.0 Å². The molecule has 111 valence electrons. The molecule has 0 aliphatic carbocycles. The number of carboxylic acid groups (broad SMARTS) is 1. The Labute approximate surface area is 161 Å². The number of hydrogen-bond donors (Lipinski definition) is 4. The molecule has 0 rings (SSSR count). The summed E-state index contributed by atoms with van der Waals surface area (Å²) in [6.07, 6.45) is -0.954. The van der Waals surface area contributed by atoms with E-state index in [1.54, 1.807) is 0 Å². The average molecular weight is 468 g/mol. The second kappa shape index (κ2) is 19.9. The van der Waals surface area contributed by atoms with Gasteiger partial charge in [-0.3, -0.25) is 0 Å². The van der Waals surface area contributed by atoms with Gasteiger partial charge in [0.25, 0.3) is 3.79 Å². The van der Waals surface area contributed by atoms with Gasteiger partial charge >= 0.3 is 47.0 Å². The summed E-state index contributed by atoms with van der Waals surface area (Å²) in [5.74, 6) is -1.46. The molecule has 0 bridgehead atoms. The maximum Gasteiger partial charge on any atom is 0.356 e. The fraction of sp³-hybridized carbons (Fsp3) is 0.889. The molecule has 0 aliphatic heterocycles. The minimum atomic E-state index is -2.17. The molecule has 4 N–H and O–H groups in total. The fourth-order valence-corrected chi connectivity index (χ4v) is 1.89. The standard InChI is InChI=1S/C3H8O3.C2HCl3O2.2C2H5.Y.Zn/c4-1-3(6)2-5;3-2(4,5)1(6)7;2*1-2;;/h3-6H,1-2H2;(H,6,7);2*1H2,2H3;;. The van der Waals surface area contributed by atoms with Gasteiger partial charge in [-0.1, -0.05) is 34.8 Å². The summed E-state index contributed by atoms with van der Waals surface area (Å²) in [6, 6.07) is 0. The SMILES string of the molecule is C[CH2][Zn][CH2]C.O=C(O)C(Cl)(Cl)Cl.OCC(O)CO.[Y]. The zero-order valence-electron chi connectivity index (χ0n) is 11.0. The number of hydrogen-bond acceptors (Lipinski definition) is 4. The van der Waals surface area contributed by atoms with Crippen molar-refractivity contribution in [2.45, 2.75) is 33.8 Å². The average Bonchev–Trinajstić information content (AvgIpc) is 2.29. The van der Waals surface area contributed by atoms with Crippen molar-refractivity contribution in [2.24, 2.45) is 0 Å². The third kappa shape index (κ3) is 33.0. The summed E-state index contributed by atoms with van der Waals surface area (Å²) >= 11 is 14.5. The van der Waals surface area contributed by atoms with E-state index in [0.717, 1.165) is 0 Å². The predicted molar refractivity (Wildman–Crippen MR) is 69.1 cm³/mol. The van der Waals surface area contributed by atoms with E-state index in [4.69, 9.17) is 55.2 Å². The zero-order chi connectivity index (χ0) is 15.2. The van der Waals surface area contributed by atoms with E-state index in [9.17, 15) is 4.79 Å². The Morgan fingerprint density at radius 2 is 1.42 bits per heavy atom. The maximum atomic E-state index is 9.62. The van der Waals surface area contributed by atoms with Gasteiger partial charge in [0.1, 0.15) is 6.10 Å². The summed E-state index contributed by atoms with van der Waals surface area (Å²) in [4.78, 5) is 9.62. The molecule has 0 aromatic heterocycles. The second-order valence-electron chi connectivity index (χ2n) is 3.18. The third-order valence-corrected chi connectivity index (χ3v) is 4.82. The molecule has 0 unspecified atom stereocenters. The van der Waals surface area contributed by atoms with Crippen LogP contribution < -0.4 is 0 Å². The molecule has 0 atom stereocenters. The molecule has 0 aliphatic rings. The van der Waals surface area contributed by atoms with Gasteiger partial charge in [0, 0.05) is 32.7 Å². The smallest absolute Gasteiger partial charge is 0.356 e. The molecule has 1 radical (unpaired) electrons. The van der Waals surface area contributed by atoms with Gasteiger partial charge in [0.2, 0.25) is 0 Å². The Kier molecular flexibility index (Phi) is 30.5. The molecule has 5 nitrogen and oxygen atoms in total. The Morgan fingerprint density at radius 1 is 1.16 bits per heavy atom. The van der Waals surface area contributed by atoms with Crippen molar-refractivity contribution in [2.75, 3.05) is 13.2 Å². The normalized spacial score (nSPS) is 9.11. The van der Waals surface area contributed by atoms with Gasteiger partial charge in [0.05, 0.1) is 13.2 Å². The molecule has 0 fully saturated rings. The monoisotopic (exact) mass is 465 g/mol. The summed E-state index contributed by atoms with van der Waals surface area (Å²) in [6.45, 7) is 3.86. The molecule has 0 amide bonds. The van der Waals surface area contributed by atoms with Gasteiger partial charge in [-0.25, -0.2) is 4.79 Å². The van der Waals surface area contributed by atoms with Crippen molar-refractivity contribution in [1.82, 2.24) is 0 Å². The number of aliphatic hydroxyl groups is 3. The van der Waals surface area contributed by atoms with Gasteiger partial charge < -0.3 is 20.4 Å². The van der Waals surface area contributed by atoms with Crippen molar-refractivity contribution in [3.63, 3.8) is 0 Å². The first kappa shape index (κ1) is 29.0. The summed E-state index contributed by atoms with van der Waals surface area (Å²) in [5.41, 5.74) is 0. The summed E-state index contributed by atoms with van der Waals surface area (Å²) < 4.78 is -2.17. The molecule has 0 aromatic rings. The Hall–Kier alpha value is 1.95. The van der Waals surface area contributed by atoms with E-state index >= 15 is 0 Å². The van der Waals surface area contributed by atoms with Gasteiger partial charge in [-0.2, -0.15) is 0 Å². The zero-order valence-corrected chi connectivity index (χ0v) is 19.1. The molecule has 0 saturated heterocycles. The van der Waals surface area contributed by atoms with E-state index in [0.29, 0.717) is 0 Å². The van der Waals surface area contributed by atoms with Crippen LogP contribution in [-0.4, -0.2) is 49.5 Å². The third-order valence-electron chi connectivity index (χ3n) is 1.37. The first-order valence-electron chi connectivity index (χ1n) is 5.37. The minimum absolute atomic E-state index is 0. The van der Waals surface area contributed by atoms with Crippen molar-refractivity contribution < 1.29 is 75.1 Å². The van der Waals surface area contributed by atoms with E-state index in [-0.39, 0.29) is 63.0 Å². The van der Waals surface area contributed by atoms with Crippen molar-refractivity contribution in [1.29, 1.82) is 0 Å². The largest absolute Gasteiger partial charge is 0.478 e. The number of halogens is 3. The first-order chi connectivity index (χ1) is 8.17. The molecule has 10 heteroatoms. The van der Waals surface area contributed by atoms with E-state index in [2.05, 4.69) is 13.8 Å². The number of aliphatic carboxylic acids is 1. The molecular weight excluding hydrogens is 449 g/mol. The Morgan fingerprint density at radius 3 is 1.42 bits per heavy atom. The number of carboxylic acids is 1. The van der Waals surface area contributed by atoms with Gasteiger partial charge in [-0.05, 0) is 0 Å². The molecule has 0 saturated carbocycles. The predicted octanol–water partition coefficient (Wildman–Crippen LogP) is 1.72. The van der Waals surface area contributed by atoms with E-state index in [1.807, 2.05) is 0 Å². The number of aliphatic hydroxyl groups excluding tert-OH is 3. The first-order valence-corrected chi connectivity index (χ1v) is 10.7. The van der Waals surface area contributed by atoms with Crippen molar-refractivity contribution in [3.05, 3.63) is 0 Å². The van der Waals surface area contributed by atoms with Crippen molar-refractivity contribution in [3.8, 4) is 0 Å². The van der Waals surface area contributed by atoms with Crippen molar-refractivity contribution >= 4 is 40.8 Å². The van der Waals surface area contributed by atoms with Crippen LogP contribution in [0.25, 0.3) is 0 Å². The van der Waals surface area contributed by atoms with Crippen LogP contribution in [0.5, 0.6) is 0 Å². The quantitative estimate of drug-likeness (QED) is 0.373. The Balaban J connectivity index is -0.0000000878. The van der Waals surface area contributed by atoms with Crippen LogP contribution in [0.1, 0.15) is 13.8 Å². The Bertz CT molecular complexity index is 189. The van der Waals surface area contributed by atoms with Gasteiger partial charge in [-0.15, -0.1) is 0 Å². The second-order valence-corrected chi connectivity index (χ2v) is 11.1. The van der Waals surface area contributed by atoms with Crippen LogP contribution in [0, 0.1) is 0 Å². The van der Waals surface area contributed by atoms with Crippen LogP contribution in [0.2, 0.25) is 10.0 Å². The van der Waals surface area contributed by atoms with Crippen LogP contribution >= 0.6 is 34.8 Å². The molecule has 19 heavy (non-hydrogen) atoms. The number of carbonyl (C=O) groups is 1. The minimum Gasteiger partial charge on any atom is -0.478 e. The van der Waals surface area contributed by atoms with Crippen LogP contribution in [0.15, 0.2) is 0 Å².